The standard InChI is InChI=1S/C48H71N5O10/c1-12-37-48(7)42(50-46(58)63-48)34(27-53(11)38-20-15-21-52(38)10)39(54)28(2)25-47(6,59-22-16-17-32-24-33-18-13-14-19-35(33)49-26-32)43(30(4)40(55)31(5)44(57)61-37)62-45-41(56)36(51(8)9)23-29(3)60-45/h13-14,16-19,24,26,28-31,34,36-38,41-43,45,56H,12,15,20-23,25,27H2,1-11H3,(H,50,58)/b17-16+/t28-,29-,30+,31-,34+,36+,37-,38?,41-,42-,43-,45+,47+,48-/m1/s1. The molecule has 4 aliphatic heterocycles. The predicted octanol–water partition coefficient (Wildman–Crippen LogP) is 5.07. The smallest absolute Gasteiger partial charge is 0.408 e. The van der Waals surface area contributed by atoms with E-state index >= 15 is 4.79 Å². The molecule has 0 saturated carbocycles. The zero-order valence-corrected chi connectivity index (χ0v) is 39.1. The van der Waals surface area contributed by atoms with E-state index in [0.29, 0.717) is 6.42 Å². The topological polar surface area (TPSA) is 169 Å². The van der Waals surface area contributed by atoms with Crippen molar-refractivity contribution in [3.05, 3.63) is 48.2 Å². The lowest BCUT2D eigenvalue weighted by molar-refractivity contribution is -0.296. The highest BCUT2D eigenvalue weighted by Gasteiger charge is 2.58. The summed E-state index contributed by atoms with van der Waals surface area (Å²) in [5.74, 6) is -5.22. The molecule has 0 bridgehead atoms. The Kier molecular flexibility index (Phi) is 15.5. The number of Topliss-reactive ketones (excluding diaryl/α,β-unsaturated/α-hetero) is 2. The van der Waals surface area contributed by atoms with Crippen LogP contribution in [-0.2, 0) is 38.1 Å². The first-order valence-corrected chi connectivity index (χ1v) is 22.8. The zero-order valence-electron chi connectivity index (χ0n) is 39.1. The van der Waals surface area contributed by atoms with Crippen molar-refractivity contribution in [3.63, 3.8) is 0 Å². The number of nitrogens with zero attached hydrogens (tertiary/aromatic N) is 4. The number of cyclic esters (lactones) is 1. The van der Waals surface area contributed by atoms with Crippen LogP contribution in [0.1, 0.15) is 86.1 Å². The Balaban J connectivity index is 1.43. The van der Waals surface area contributed by atoms with Gasteiger partial charge in [-0.2, -0.15) is 0 Å². The number of benzene rings is 1. The number of nitrogens with one attached hydrogen (secondary N) is 1. The summed E-state index contributed by atoms with van der Waals surface area (Å²) in [6, 6.07) is 8.68. The summed E-state index contributed by atoms with van der Waals surface area (Å²) < 4.78 is 32.2. The van der Waals surface area contributed by atoms with Gasteiger partial charge in [0.05, 0.1) is 48.1 Å². The highest BCUT2D eigenvalue weighted by Crippen LogP contribution is 2.41. The number of para-hydroxylation sites is 1. The molecule has 5 heterocycles. The molecule has 2 aromatic rings. The SMILES string of the molecule is CC[C@H]1OC(=O)[C@H](C)C(=O)[C@H](C)[C@@H](O[C@@H]2O[C@H](C)C[C@H](N(C)C)[C@H]2O)[C@@](C)(OC/C=C/c2cnc3ccccc3c2)C[C@@H](C)C(=O)[C@H](CN(C)C2CCCN2C)[C@H]2NC(=O)O[C@@]21C. The molecule has 15 heteroatoms. The molecule has 4 saturated heterocycles. The molecule has 1 aromatic carbocycles. The average molecular weight is 878 g/mol. The van der Waals surface area contributed by atoms with Crippen LogP contribution < -0.4 is 5.32 Å². The fourth-order valence-corrected chi connectivity index (χ4v) is 10.6. The molecule has 2 N–H and O–H groups in total. The molecule has 6 rings (SSSR count). The summed E-state index contributed by atoms with van der Waals surface area (Å²) in [4.78, 5) is 68.5. The number of fused-ring (bicyclic) bond motifs is 2. The third kappa shape index (κ3) is 10.5. The number of carbonyl (C=O) groups is 4. The molecule has 348 valence electrons. The summed E-state index contributed by atoms with van der Waals surface area (Å²) in [5.41, 5.74) is -1.10. The van der Waals surface area contributed by atoms with Crippen LogP contribution in [0.5, 0.6) is 0 Å². The quantitative estimate of drug-likeness (QED) is 0.227. The minimum absolute atomic E-state index is 0.0519. The first-order valence-electron chi connectivity index (χ1n) is 22.8. The molecule has 0 spiro atoms. The predicted molar refractivity (Wildman–Crippen MR) is 238 cm³/mol. The lowest BCUT2D eigenvalue weighted by Crippen LogP contribution is -2.61. The Bertz CT molecular complexity index is 1980. The van der Waals surface area contributed by atoms with Gasteiger partial charge in [0.2, 0.25) is 0 Å². The van der Waals surface area contributed by atoms with Crippen molar-refractivity contribution in [3.8, 4) is 0 Å². The maximum atomic E-state index is 15.4. The molecule has 14 atom stereocenters. The minimum atomic E-state index is -1.44. The number of ketones is 2. The number of likely N-dealkylation sites (tertiary alicyclic amines) is 1. The van der Waals surface area contributed by atoms with Crippen molar-refractivity contribution in [2.45, 2.75) is 141 Å². The van der Waals surface area contributed by atoms with Crippen LogP contribution in [0, 0.1) is 23.7 Å². The van der Waals surface area contributed by atoms with Crippen molar-refractivity contribution in [2.24, 2.45) is 23.7 Å². The number of hydrogen-bond donors (Lipinski definition) is 2. The number of alkyl carbamates (subject to hydrolysis) is 1. The normalized spacial score (nSPS) is 37.6. The minimum Gasteiger partial charge on any atom is -0.458 e. The number of aliphatic hydroxyl groups excluding tert-OH is 1. The van der Waals surface area contributed by atoms with Gasteiger partial charge < -0.3 is 39.0 Å². The molecular formula is C48H71N5O10. The van der Waals surface area contributed by atoms with Crippen LogP contribution in [0.15, 0.2) is 42.6 Å². The molecular weight excluding hydrogens is 807 g/mol. The summed E-state index contributed by atoms with van der Waals surface area (Å²) in [6.07, 6.45) is 3.05. The first kappa shape index (κ1) is 48.6. The fraction of sp³-hybridized carbons (Fsp3) is 0.688. The van der Waals surface area contributed by atoms with E-state index in [1.807, 2.05) is 96.2 Å². The second-order valence-electron chi connectivity index (χ2n) is 19.2. The van der Waals surface area contributed by atoms with Gasteiger partial charge in [-0.15, -0.1) is 0 Å². The van der Waals surface area contributed by atoms with Gasteiger partial charge in [-0.25, -0.2) is 4.79 Å². The van der Waals surface area contributed by atoms with Gasteiger partial charge in [0, 0.05) is 36.0 Å². The average Bonchev–Trinajstić information content (AvgIpc) is 3.82. The van der Waals surface area contributed by atoms with Gasteiger partial charge in [-0.1, -0.05) is 51.1 Å². The lowest BCUT2D eigenvalue weighted by Gasteiger charge is -2.47. The van der Waals surface area contributed by atoms with Crippen molar-refractivity contribution in [1.82, 2.24) is 25.0 Å². The van der Waals surface area contributed by atoms with Gasteiger partial charge in [-0.3, -0.25) is 29.2 Å². The molecule has 1 amide bonds. The zero-order chi connectivity index (χ0) is 46.0. The molecule has 15 nitrogen and oxygen atoms in total. The Morgan fingerprint density at radius 1 is 1.06 bits per heavy atom. The van der Waals surface area contributed by atoms with Crippen LogP contribution in [0.4, 0.5) is 4.79 Å². The van der Waals surface area contributed by atoms with E-state index in [0.717, 1.165) is 35.9 Å². The molecule has 4 aliphatic rings. The summed E-state index contributed by atoms with van der Waals surface area (Å²) >= 11 is 0. The Labute approximate surface area is 373 Å². The van der Waals surface area contributed by atoms with Crippen LogP contribution in [0.3, 0.4) is 0 Å². The number of ether oxygens (including phenoxy) is 5. The highest BCUT2D eigenvalue weighted by molar-refractivity contribution is 6.00. The van der Waals surface area contributed by atoms with Crippen molar-refractivity contribution in [2.75, 3.05) is 47.9 Å². The van der Waals surface area contributed by atoms with E-state index in [1.54, 1.807) is 20.0 Å². The monoisotopic (exact) mass is 878 g/mol. The van der Waals surface area contributed by atoms with Crippen molar-refractivity contribution >= 4 is 40.6 Å². The number of esters is 1. The van der Waals surface area contributed by atoms with E-state index in [2.05, 4.69) is 27.1 Å². The van der Waals surface area contributed by atoms with Crippen LogP contribution in [0.2, 0.25) is 0 Å². The maximum absolute atomic E-state index is 15.4. The molecule has 1 unspecified atom stereocenters. The number of aromatic nitrogens is 1. The largest absolute Gasteiger partial charge is 0.458 e. The summed E-state index contributed by atoms with van der Waals surface area (Å²) in [7, 11) is 7.82. The summed E-state index contributed by atoms with van der Waals surface area (Å²) in [6.45, 7) is 13.5. The van der Waals surface area contributed by atoms with Gasteiger partial charge in [0.15, 0.2) is 17.7 Å². The van der Waals surface area contributed by atoms with Gasteiger partial charge in [0.1, 0.15) is 23.9 Å². The number of likely N-dealkylation sites (N-methyl/N-ethyl adjacent to an activating group) is 1. The van der Waals surface area contributed by atoms with Gasteiger partial charge >= 0.3 is 12.1 Å². The molecule has 4 fully saturated rings. The van der Waals surface area contributed by atoms with Crippen molar-refractivity contribution in [1.29, 1.82) is 0 Å². The highest BCUT2D eigenvalue weighted by atomic mass is 16.7. The number of carbonyl (C=O) groups excluding carboxylic acids is 4. The second-order valence-corrected chi connectivity index (χ2v) is 19.2. The van der Waals surface area contributed by atoms with Crippen LogP contribution in [0.25, 0.3) is 17.0 Å². The van der Waals surface area contributed by atoms with Crippen molar-refractivity contribution < 1.29 is 48.0 Å². The Morgan fingerprint density at radius 2 is 1.79 bits per heavy atom. The number of pyridine rings is 1. The second kappa shape index (κ2) is 20.1. The molecule has 0 radical (unpaired) electrons. The molecule has 1 aromatic heterocycles. The Hall–Kier alpha value is -3.83. The number of rotatable bonds is 11. The van der Waals surface area contributed by atoms with E-state index in [9.17, 15) is 19.5 Å². The van der Waals surface area contributed by atoms with Crippen LogP contribution in [-0.4, -0.2) is 156 Å². The number of aliphatic hydroxyl groups is 1. The van der Waals surface area contributed by atoms with Gasteiger partial charge in [0.25, 0.3) is 0 Å². The lowest BCUT2D eigenvalue weighted by atomic mass is 9.73. The van der Waals surface area contributed by atoms with E-state index in [-0.39, 0.29) is 50.1 Å². The summed E-state index contributed by atoms with van der Waals surface area (Å²) in [5, 5.41) is 15.7. The Morgan fingerprint density at radius 3 is 2.48 bits per heavy atom. The third-order valence-electron chi connectivity index (χ3n) is 14.2. The van der Waals surface area contributed by atoms with E-state index in [1.165, 1.54) is 6.92 Å². The van der Waals surface area contributed by atoms with Gasteiger partial charge in [-0.05, 0) is 112 Å². The van der Waals surface area contributed by atoms with Crippen LogP contribution >= 0.6 is 0 Å². The van der Waals surface area contributed by atoms with E-state index < -0.39 is 83.4 Å². The number of amides is 1. The molecule has 63 heavy (non-hydrogen) atoms. The first-order chi connectivity index (χ1) is 29.8. The maximum Gasteiger partial charge on any atom is 0.408 e. The molecule has 0 aliphatic carbocycles. The third-order valence-corrected chi connectivity index (χ3v) is 14.2. The fourth-order valence-electron chi connectivity index (χ4n) is 10.6. The number of hydrogen-bond acceptors (Lipinski definition) is 14. The van der Waals surface area contributed by atoms with E-state index in [4.69, 9.17) is 23.7 Å².